The van der Waals surface area contributed by atoms with Crippen molar-refractivity contribution < 1.29 is 9.47 Å². The summed E-state index contributed by atoms with van der Waals surface area (Å²) in [6.45, 7) is 4.48. The third kappa shape index (κ3) is 3.50. The fourth-order valence-electron chi connectivity index (χ4n) is 4.09. The molecule has 2 heterocycles. The standard InChI is InChI=1S/C23H26N2O2/c1-17-15-22(25-20-9-5-3-7-18(17)20)24-16-23(11-13-27-14-12-23)19-8-4-6-10-21(19)26-2/h3-10,15H,11-14,16H2,1-2H3,(H,24,25). The van der Waals surface area contributed by atoms with E-state index in [1.807, 2.05) is 18.2 Å². The first kappa shape index (κ1) is 17.8. The lowest BCUT2D eigenvalue weighted by Crippen LogP contribution is -2.40. The molecule has 1 aliphatic heterocycles. The summed E-state index contributed by atoms with van der Waals surface area (Å²) in [5, 5.41) is 4.82. The normalized spacial score (nSPS) is 16.2. The number of aryl methyl sites for hydroxylation is 1. The van der Waals surface area contributed by atoms with Crippen LogP contribution in [0.4, 0.5) is 5.82 Å². The van der Waals surface area contributed by atoms with Gasteiger partial charge in [-0.25, -0.2) is 4.98 Å². The summed E-state index contributed by atoms with van der Waals surface area (Å²) in [6.07, 6.45) is 1.93. The molecule has 0 unspecified atom stereocenters. The number of hydrogen-bond donors (Lipinski definition) is 1. The van der Waals surface area contributed by atoms with E-state index in [1.54, 1.807) is 7.11 Å². The highest BCUT2D eigenvalue weighted by Gasteiger charge is 2.36. The van der Waals surface area contributed by atoms with E-state index >= 15 is 0 Å². The lowest BCUT2D eigenvalue weighted by atomic mass is 9.73. The molecule has 1 aliphatic rings. The van der Waals surface area contributed by atoms with Crippen LogP contribution in [-0.2, 0) is 10.2 Å². The fraction of sp³-hybridized carbons (Fsp3) is 0.348. The maximum Gasteiger partial charge on any atom is 0.126 e. The number of methoxy groups -OCH3 is 1. The first-order valence-electron chi connectivity index (χ1n) is 9.53. The number of nitrogens with zero attached hydrogens (tertiary/aromatic N) is 1. The molecule has 0 spiro atoms. The smallest absolute Gasteiger partial charge is 0.126 e. The van der Waals surface area contributed by atoms with Crippen molar-refractivity contribution in [3.05, 3.63) is 65.7 Å². The highest BCUT2D eigenvalue weighted by molar-refractivity contribution is 5.83. The molecular formula is C23H26N2O2. The van der Waals surface area contributed by atoms with E-state index in [1.165, 1.54) is 16.5 Å². The maximum atomic E-state index is 5.67. The quantitative estimate of drug-likeness (QED) is 0.714. The number of pyridine rings is 1. The first-order valence-corrected chi connectivity index (χ1v) is 9.53. The van der Waals surface area contributed by atoms with Gasteiger partial charge in [0.1, 0.15) is 11.6 Å². The fourth-order valence-corrected chi connectivity index (χ4v) is 4.09. The van der Waals surface area contributed by atoms with Gasteiger partial charge in [-0.3, -0.25) is 0 Å². The van der Waals surface area contributed by atoms with Crippen molar-refractivity contribution in [2.24, 2.45) is 0 Å². The van der Waals surface area contributed by atoms with Gasteiger partial charge >= 0.3 is 0 Å². The van der Waals surface area contributed by atoms with Crippen LogP contribution >= 0.6 is 0 Å². The van der Waals surface area contributed by atoms with Crippen LogP contribution in [-0.4, -0.2) is 31.9 Å². The van der Waals surface area contributed by atoms with E-state index in [2.05, 4.69) is 48.6 Å². The van der Waals surface area contributed by atoms with Crippen LogP contribution in [0.5, 0.6) is 5.75 Å². The summed E-state index contributed by atoms with van der Waals surface area (Å²) >= 11 is 0. The molecular weight excluding hydrogens is 336 g/mol. The topological polar surface area (TPSA) is 43.4 Å². The molecule has 1 fully saturated rings. The van der Waals surface area contributed by atoms with Crippen molar-refractivity contribution >= 4 is 16.7 Å². The molecule has 0 atom stereocenters. The Bertz CT molecular complexity index is 933. The Kier molecular flexibility index (Phi) is 4.99. The molecule has 1 N–H and O–H groups in total. The second kappa shape index (κ2) is 7.57. The number of benzene rings is 2. The van der Waals surface area contributed by atoms with Crippen molar-refractivity contribution in [3.8, 4) is 5.75 Å². The minimum Gasteiger partial charge on any atom is -0.496 e. The second-order valence-corrected chi connectivity index (χ2v) is 7.29. The van der Waals surface area contributed by atoms with Crippen LogP contribution in [0, 0.1) is 6.92 Å². The van der Waals surface area contributed by atoms with Crippen LogP contribution in [0.15, 0.2) is 54.6 Å². The number of fused-ring (bicyclic) bond motifs is 1. The predicted molar refractivity (Wildman–Crippen MR) is 110 cm³/mol. The van der Waals surface area contributed by atoms with E-state index in [-0.39, 0.29) is 5.41 Å². The molecule has 4 rings (SSSR count). The number of nitrogens with one attached hydrogen (secondary N) is 1. The Morgan fingerprint density at radius 3 is 2.63 bits per heavy atom. The minimum absolute atomic E-state index is 0.0217. The van der Waals surface area contributed by atoms with E-state index < -0.39 is 0 Å². The summed E-state index contributed by atoms with van der Waals surface area (Å²) in [4.78, 5) is 4.81. The molecule has 2 aromatic carbocycles. The van der Waals surface area contributed by atoms with Gasteiger partial charge in [0.2, 0.25) is 0 Å². The third-order valence-electron chi connectivity index (χ3n) is 5.66. The van der Waals surface area contributed by atoms with Gasteiger partial charge in [-0.2, -0.15) is 0 Å². The lowest BCUT2D eigenvalue weighted by Gasteiger charge is -2.38. The van der Waals surface area contributed by atoms with Crippen LogP contribution in [0.1, 0.15) is 24.0 Å². The van der Waals surface area contributed by atoms with Gasteiger partial charge < -0.3 is 14.8 Å². The number of ether oxygens (including phenoxy) is 2. The Hall–Kier alpha value is -2.59. The van der Waals surface area contributed by atoms with Crippen LogP contribution in [0.3, 0.4) is 0 Å². The predicted octanol–water partition coefficient (Wildman–Crippen LogP) is 4.71. The summed E-state index contributed by atoms with van der Waals surface area (Å²) in [5.74, 6) is 1.87. The van der Waals surface area contributed by atoms with Crippen molar-refractivity contribution in [2.45, 2.75) is 25.2 Å². The Labute approximate surface area is 160 Å². The highest BCUT2D eigenvalue weighted by atomic mass is 16.5. The van der Waals surface area contributed by atoms with Gasteiger partial charge in [-0.1, -0.05) is 36.4 Å². The Balaban J connectivity index is 1.65. The highest BCUT2D eigenvalue weighted by Crippen LogP contribution is 2.40. The number of rotatable bonds is 5. The summed E-state index contributed by atoms with van der Waals surface area (Å²) < 4.78 is 11.3. The van der Waals surface area contributed by atoms with Crippen molar-refractivity contribution in [3.63, 3.8) is 0 Å². The zero-order valence-corrected chi connectivity index (χ0v) is 16.0. The molecule has 4 nitrogen and oxygen atoms in total. The first-order chi connectivity index (χ1) is 13.2. The van der Waals surface area contributed by atoms with Crippen molar-refractivity contribution in [2.75, 3.05) is 32.2 Å². The van der Waals surface area contributed by atoms with Crippen LogP contribution < -0.4 is 10.1 Å². The molecule has 1 saturated heterocycles. The average molecular weight is 362 g/mol. The Morgan fingerprint density at radius 2 is 1.81 bits per heavy atom. The number of para-hydroxylation sites is 2. The van der Waals surface area contributed by atoms with Crippen molar-refractivity contribution in [1.82, 2.24) is 4.98 Å². The zero-order valence-electron chi connectivity index (χ0n) is 16.0. The number of hydrogen-bond acceptors (Lipinski definition) is 4. The molecule has 140 valence electrons. The van der Waals surface area contributed by atoms with Gasteiger partial charge in [0, 0.05) is 36.1 Å². The number of anilines is 1. The van der Waals surface area contributed by atoms with Crippen molar-refractivity contribution in [1.29, 1.82) is 0 Å². The molecule has 0 saturated carbocycles. The zero-order chi connectivity index (χ0) is 18.7. The summed E-state index contributed by atoms with van der Waals surface area (Å²) in [7, 11) is 1.74. The van der Waals surface area contributed by atoms with E-state index in [0.29, 0.717) is 0 Å². The Morgan fingerprint density at radius 1 is 1.07 bits per heavy atom. The van der Waals surface area contributed by atoms with E-state index in [4.69, 9.17) is 14.5 Å². The molecule has 0 bridgehead atoms. The molecule has 0 amide bonds. The maximum absolute atomic E-state index is 5.67. The van der Waals surface area contributed by atoms with Crippen LogP contribution in [0.25, 0.3) is 10.9 Å². The molecule has 4 heteroatoms. The van der Waals surface area contributed by atoms with Gasteiger partial charge in [0.05, 0.1) is 12.6 Å². The van der Waals surface area contributed by atoms with Gasteiger partial charge in [0.15, 0.2) is 0 Å². The SMILES string of the molecule is COc1ccccc1C1(CNc2cc(C)c3ccccc3n2)CCOCC1. The lowest BCUT2D eigenvalue weighted by molar-refractivity contribution is 0.0535. The van der Waals surface area contributed by atoms with Gasteiger partial charge in [-0.05, 0) is 43.5 Å². The molecule has 0 radical (unpaired) electrons. The number of aromatic nitrogens is 1. The molecule has 3 aromatic rings. The molecule has 0 aliphatic carbocycles. The molecule has 1 aromatic heterocycles. The second-order valence-electron chi connectivity index (χ2n) is 7.29. The van der Waals surface area contributed by atoms with Crippen LogP contribution in [0.2, 0.25) is 0 Å². The van der Waals surface area contributed by atoms with E-state index in [0.717, 1.165) is 49.7 Å². The third-order valence-corrected chi connectivity index (χ3v) is 5.66. The largest absolute Gasteiger partial charge is 0.496 e. The average Bonchev–Trinajstić information content (AvgIpc) is 2.73. The minimum atomic E-state index is -0.0217. The molecule has 27 heavy (non-hydrogen) atoms. The van der Waals surface area contributed by atoms with Gasteiger partial charge in [-0.15, -0.1) is 0 Å². The van der Waals surface area contributed by atoms with E-state index in [9.17, 15) is 0 Å². The summed E-state index contributed by atoms with van der Waals surface area (Å²) in [5.41, 5.74) is 3.49. The van der Waals surface area contributed by atoms with Gasteiger partial charge in [0.25, 0.3) is 0 Å². The monoisotopic (exact) mass is 362 g/mol. The summed E-state index contributed by atoms with van der Waals surface area (Å²) in [6, 6.07) is 18.8.